The molecule has 0 heterocycles. The Kier molecular flexibility index (Phi) is 5.06. The Morgan fingerprint density at radius 1 is 1.14 bits per heavy atom. The SMILES string of the molecule is CCC(C(=O)Nc1ccc(C)c(Cl)c1)(C(F)(F)F)C(F)(F)F. The lowest BCUT2D eigenvalue weighted by Crippen LogP contribution is -2.57. The van der Waals surface area contributed by atoms with Crippen LogP contribution < -0.4 is 5.32 Å². The van der Waals surface area contributed by atoms with Gasteiger partial charge in [-0.05, 0) is 31.0 Å². The van der Waals surface area contributed by atoms with Crippen LogP contribution in [0.3, 0.4) is 0 Å². The molecule has 1 rings (SSSR count). The Bertz CT molecular complexity index is 553. The monoisotopic (exact) mass is 347 g/mol. The van der Waals surface area contributed by atoms with Gasteiger partial charge in [0, 0.05) is 10.7 Å². The van der Waals surface area contributed by atoms with Gasteiger partial charge in [0.2, 0.25) is 11.3 Å². The summed E-state index contributed by atoms with van der Waals surface area (Å²) in [4.78, 5) is 11.8. The van der Waals surface area contributed by atoms with Crippen LogP contribution in [0, 0.1) is 12.3 Å². The van der Waals surface area contributed by atoms with Crippen LogP contribution in [0.15, 0.2) is 18.2 Å². The number of hydrogen-bond donors (Lipinski definition) is 1. The van der Waals surface area contributed by atoms with E-state index in [2.05, 4.69) is 0 Å². The van der Waals surface area contributed by atoms with Gasteiger partial charge >= 0.3 is 12.4 Å². The number of carbonyl (C=O) groups excluding carboxylic acids is 1. The summed E-state index contributed by atoms with van der Waals surface area (Å²) in [6.45, 7) is 2.25. The molecule has 0 spiro atoms. The zero-order valence-electron chi connectivity index (χ0n) is 11.5. The number of hydrogen-bond acceptors (Lipinski definition) is 1. The first-order valence-corrected chi connectivity index (χ1v) is 6.45. The maximum atomic E-state index is 13.0. The van der Waals surface area contributed by atoms with Crippen molar-refractivity contribution in [3.63, 3.8) is 0 Å². The second-order valence-corrected chi connectivity index (χ2v) is 5.08. The second kappa shape index (κ2) is 5.98. The Labute approximate surface area is 127 Å². The van der Waals surface area contributed by atoms with Crippen molar-refractivity contribution < 1.29 is 31.1 Å². The van der Waals surface area contributed by atoms with Gasteiger partial charge in [0.1, 0.15) is 0 Å². The molecule has 1 amide bonds. The van der Waals surface area contributed by atoms with Crippen LogP contribution in [0.25, 0.3) is 0 Å². The normalized spacial score (nSPS) is 13.1. The highest BCUT2D eigenvalue weighted by molar-refractivity contribution is 6.31. The molecule has 124 valence electrons. The van der Waals surface area contributed by atoms with E-state index in [4.69, 9.17) is 11.6 Å². The summed E-state index contributed by atoms with van der Waals surface area (Å²) in [5.41, 5.74) is -4.16. The highest BCUT2D eigenvalue weighted by atomic mass is 35.5. The highest BCUT2D eigenvalue weighted by Gasteiger charge is 2.74. The Hall–Kier alpha value is -1.44. The molecule has 1 aromatic carbocycles. The number of nitrogens with one attached hydrogen (secondary N) is 1. The topological polar surface area (TPSA) is 29.1 Å². The van der Waals surface area contributed by atoms with Crippen molar-refractivity contribution in [2.75, 3.05) is 5.32 Å². The molecule has 1 N–H and O–H groups in total. The molecule has 0 saturated heterocycles. The predicted octanol–water partition coefficient (Wildman–Crippen LogP) is 5.11. The molecule has 2 nitrogen and oxygen atoms in total. The summed E-state index contributed by atoms with van der Waals surface area (Å²) >= 11 is 5.73. The third-order valence-corrected chi connectivity index (χ3v) is 3.72. The quantitative estimate of drug-likeness (QED) is 0.756. The van der Waals surface area contributed by atoms with Gasteiger partial charge in [-0.15, -0.1) is 0 Å². The van der Waals surface area contributed by atoms with E-state index in [0.29, 0.717) is 12.5 Å². The summed E-state index contributed by atoms with van der Waals surface area (Å²) in [5.74, 6) is -2.19. The van der Waals surface area contributed by atoms with Gasteiger partial charge in [0.15, 0.2) is 0 Å². The van der Waals surface area contributed by atoms with Gasteiger partial charge in [-0.1, -0.05) is 24.6 Å². The average Bonchev–Trinajstić information content (AvgIpc) is 2.31. The van der Waals surface area contributed by atoms with Crippen molar-refractivity contribution >= 4 is 23.2 Å². The summed E-state index contributed by atoms with van der Waals surface area (Å²) in [6.07, 6.45) is -13.0. The minimum Gasteiger partial charge on any atom is -0.325 e. The van der Waals surface area contributed by atoms with Gasteiger partial charge in [-0.3, -0.25) is 4.79 Å². The number of carbonyl (C=O) groups is 1. The van der Waals surface area contributed by atoms with E-state index in [0.717, 1.165) is 6.07 Å². The third kappa shape index (κ3) is 3.16. The van der Waals surface area contributed by atoms with E-state index < -0.39 is 30.1 Å². The van der Waals surface area contributed by atoms with Crippen LogP contribution in [0.2, 0.25) is 5.02 Å². The number of amides is 1. The number of anilines is 1. The molecule has 0 fully saturated rings. The lowest BCUT2D eigenvalue weighted by atomic mass is 9.82. The van der Waals surface area contributed by atoms with Crippen LogP contribution in [-0.4, -0.2) is 18.3 Å². The molecule has 0 unspecified atom stereocenters. The number of benzene rings is 1. The highest BCUT2D eigenvalue weighted by Crippen LogP contribution is 2.53. The van der Waals surface area contributed by atoms with Gasteiger partial charge in [0.05, 0.1) is 0 Å². The fraction of sp³-hybridized carbons (Fsp3) is 0.462. The van der Waals surface area contributed by atoms with E-state index in [9.17, 15) is 31.1 Å². The minimum absolute atomic E-state index is 0.110. The molecule has 0 saturated carbocycles. The first kappa shape index (κ1) is 18.6. The number of alkyl halides is 6. The zero-order chi connectivity index (χ0) is 17.3. The molecule has 22 heavy (non-hydrogen) atoms. The van der Waals surface area contributed by atoms with Crippen LogP contribution in [-0.2, 0) is 4.79 Å². The first-order valence-electron chi connectivity index (χ1n) is 6.08. The molecule has 0 aliphatic rings. The van der Waals surface area contributed by atoms with Crippen molar-refractivity contribution in [2.24, 2.45) is 5.41 Å². The fourth-order valence-corrected chi connectivity index (χ4v) is 2.07. The van der Waals surface area contributed by atoms with E-state index >= 15 is 0 Å². The van der Waals surface area contributed by atoms with Crippen molar-refractivity contribution in [1.82, 2.24) is 0 Å². The summed E-state index contributed by atoms with van der Waals surface area (Å²) in [6, 6.07) is 3.63. The maximum absolute atomic E-state index is 13.0. The lowest BCUT2D eigenvalue weighted by molar-refractivity contribution is -0.324. The van der Waals surface area contributed by atoms with E-state index in [1.807, 2.05) is 0 Å². The fourth-order valence-electron chi connectivity index (χ4n) is 1.89. The number of rotatable bonds is 3. The largest absolute Gasteiger partial charge is 0.412 e. The van der Waals surface area contributed by atoms with Crippen LogP contribution in [0.1, 0.15) is 18.9 Å². The zero-order valence-corrected chi connectivity index (χ0v) is 12.2. The van der Waals surface area contributed by atoms with Crippen molar-refractivity contribution in [3.05, 3.63) is 28.8 Å². The van der Waals surface area contributed by atoms with Gasteiger partial charge < -0.3 is 5.32 Å². The standard InChI is InChI=1S/C13H12ClF6NO/c1-3-11(12(15,16)17,13(18,19)20)10(22)21-8-5-4-7(2)9(14)6-8/h4-6H,3H2,1-2H3,(H,21,22). The second-order valence-electron chi connectivity index (χ2n) is 4.67. The molecule has 0 bridgehead atoms. The molecule has 0 radical (unpaired) electrons. The van der Waals surface area contributed by atoms with Gasteiger partial charge in [0.25, 0.3) is 0 Å². The van der Waals surface area contributed by atoms with E-state index in [1.54, 1.807) is 12.2 Å². The Morgan fingerprint density at radius 2 is 1.64 bits per heavy atom. The van der Waals surface area contributed by atoms with E-state index in [1.165, 1.54) is 12.1 Å². The van der Waals surface area contributed by atoms with Crippen LogP contribution >= 0.6 is 11.6 Å². The average molecular weight is 348 g/mol. The molecule has 1 aromatic rings. The van der Waals surface area contributed by atoms with Gasteiger partial charge in [-0.25, -0.2) is 0 Å². The van der Waals surface area contributed by atoms with Crippen molar-refractivity contribution in [2.45, 2.75) is 32.6 Å². The Morgan fingerprint density at radius 3 is 2.00 bits per heavy atom. The van der Waals surface area contributed by atoms with Crippen molar-refractivity contribution in [1.29, 1.82) is 0 Å². The van der Waals surface area contributed by atoms with Crippen LogP contribution in [0.5, 0.6) is 0 Å². The first-order chi connectivity index (χ1) is 9.86. The Balaban J connectivity index is 3.27. The third-order valence-electron chi connectivity index (χ3n) is 3.32. The lowest BCUT2D eigenvalue weighted by Gasteiger charge is -2.34. The molecule has 9 heteroatoms. The molecular weight excluding hydrogens is 336 g/mol. The summed E-state index contributed by atoms with van der Waals surface area (Å²) < 4.78 is 77.8. The minimum atomic E-state index is -5.78. The number of halogens is 7. The summed E-state index contributed by atoms with van der Waals surface area (Å²) in [7, 11) is 0. The molecular formula is C13H12ClF6NO. The van der Waals surface area contributed by atoms with Crippen LogP contribution in [0.4, 0.5) is 32.0 Å². The molecule has 0 aliphatic carbocycles. The molecule has 0 atom stereocenters. The van der Waals surface area contributed by atoms with Crippen molar-refractivity contribution in [3.8, 4) is 0 Å². The van der Waals surface area contributed by atoms with E-state index in [-0.39, 0.29) is 10.7 Å². The summed E-state index contributed by atoms with van der Waals surface area (Å²) in [5, 5.41) is 1.76. The molecule has 0 aromatic heterocycles. The van der Waals surface area contributed by atoms with Gasteiger partial charge in [-0.2, -0.15) is 26.3 Å². The smallest absolute Gasteiger partial charge is 0.325 e. The predicted molar refractivity (Wildman–Crippen MR) is 69.7 cm³/mol. The maximum Gasteiger partial charge on any atom is 0.412 e. The number of aryl methyl sites for hydroxylation is 1. The molecule has 0 aliphatic heterocycles.